The Kier molecular flexibility index (Phi) is 5.31. The van der Waals surface area contributed by atoms with Crippen LogP contribution in [0.15, 0.2) is 18.2 Å². The number of rotatable bonds is 6. The lowest BCUT2D eigenvalue weighted by Crippen LogP contribution is -2.34. The molecule has 0 aliphatic carbocycles. The highest BCUT2D eigenvalue weighted by Crippen LogP contribution is 2.21. The second kappa shape index (κ2) is 6.53. The van der Waals surface area contributed by atoms with Crippen LogP contribution in [0.2, 0.25) is 0 Å². The van der Waals surface area contributed by atoms with Crippen molar-refractivity contribution in [2.45, 2.75) is 6.92 Å². The molecule has 106 valence electrons. The minimum absolute atomic E-state index is 0.152. The van der Waals surface area contributed by atoms with Gasteiger partial charge in [-0.2, -0.15) is 0 Å². The quantitative estimate of drug-likeness (QED) is 0.736. The van der Waals surface area contributed by atoms with Crippen LogP contribution in [-0.4, -0.2) is 40.8 Å². The van der Waals surface area contributed by atoms with Crippen LogP contribution in [0.3, 0.4) is 0 Å². The first-order chi connectivity index (χ1) is 8.85. The molecule has 2 N–H and O–H groups in total. The Balaban J connectivity index is 2.64. The van der Waals surface area contributed by atoms with Gasteiger partial charge in [0.1, 0.15) is 5.75 Å². The molecule has 1 rings (SSSR count). The third-order valence-electron chi connectivity index (χ3n) is 2.46. The van der Waals surface area contributed by atoms with Crippen molar-refractivity contribution in [3.8, 4) is 5.75 Å². The van der Waals surface area contributed by atoms with Crippen LogP contribution in [0.25, 0.3) is 0 Å². The van der Waals surface area contributed by atoms with Gasteiger partial charge in [0.05, 0.1) is 18.9 Å². The summed E-state index contributed by atoms with van der Waals surface area (Å²) in [6.07, 6.45) is 1.07. The van der Waals surface area contributed by atoms with Crippen LogP contribution >= 0.6 is 0 Å². The number of carbonyl (C=O) groups excluding carboxylic acids is 1. The Labute approximate surface area is 113 Å². The highest BCUT2D eigenvalue weighted by atomic mass is 32.2. The molecule has 0 radical (unpaired) electrons. The van der Waals surface area contributed by atoms with Crippen molar-refractivity contribution < 1.29 is 17.9 Å². The number of methoxy groups -OCH3 is 1. The zero-order chi connectivity index (χ0) is 14.5. The Morgan fingerprint density at radius 1 is 1.32 bits per heavy atom. The summed E-state index contributed by atoms with van der Waals surface area (Å²) in [6.45, 7) is 2.17. The van der Waals surface area contributed by atoms with Crippen molar-refractivity contribution >= 4 is 15.9 Å². The molecule has 6 nitrogen and oxygen atoms in total. The standard InChI is InChI=1S/C12H18N2O4S/c1-9-5-4-6-10(18-2)11(9)12(15)13-7-8-14-19(3,16)17/h4-6,14H,7-8H2,1-3H3,(H,13,15). The maximum absolute atomic E-state index is 12.0. The first-order valence-corrected chi connectivity index (χ1v) is 7.60. The lowest BCUT2D eigenvalue weighted by atomic mass is 10.1. The zero-order valence-corrected chi connectivity index (χ0v) is 12.0. The number of nitrogens with one attached hydrogen (secondary N) is 2. The number of amides is 1. The highest BCUT2D eigenvalue weighted by molar-refractivity contribution is 7.88. The topological polar surface area (TPSA) is 84.5 Å². The molecule has 0 aromatic heterocycles. The second-order valence-corrected chi connectivity index (χ2v) is 5.91. The highest BCUT2D eigenvalue weighted by Gasteiger charge is 2.14. The van der Waals surface area contributed by atoms with Crippen LogP contribution in [0, 0.1) is 6.92 Å². The normalized spacial score (nSPS) is 11.1. The van der Waals surface area contributed by atoms with E-state index in [-0.39, 0.29) is 19.0 Å². The van der Waals surface area contributed by atoms with E-state index in [0.717, 1.165) is 11.8 Å². The van der Waals surface area contributed by atoms with Gasteiger partial charge in [-0.05, 0) is 18.6 Å². The summed E-state index contributed by atoms with van der Waals surface area (Å²) in [6, 6.07) is 5.32. The maximum atomic E-state index is 12.0. The minimum Gasteiger partial charge on any atom is -0.496 e. The Morgan fingerprint density at radius 3 is 2.58 bits per heavy atom. The molecule has 1 aromatic rings. The van der Waals surface area contributed by atoms with Crippen LogP contribution < -0.4 is 14.8 Å². The van der Waals surface area contributed by atoms with Crippen molar-refractivity contribution in [1.82, 2.24) is 10.0 Å². The van der Waals surface area contributed by atoms with Gasteiger partial charge in [-0.25, -0.2) is 13.1 Å². The molecule has 0 heterocycles. The first-order valence-electron chi connectivity index (χ1n) is 5.71. The van der Waals surface area contributed by atoms with E-state index in [1.807, 2.05) is 13.0 Å². The molecular formula is C12H18N2O4S. The molecule has 1 amide bonds. The van der Waals surface area contributed by atoms with Crippen LogP contribution in [0.5, 0.6) is 5.75 Å². The summed E-state index contributed by atoms with van der Waals surface area (Å²) < 4.78 is 29.1. The van der Waals surface area contributed by atoms with Gasteiger partial charge in [0.15, 0.2) is 0 Å². The summed E-state index contributed by atoms with van der Waals surface area (Å²) in [4.78, 5) is 12.0. The van der Waals surface area contributed by atoms with Gasteiger partial charge < -0.3 is 10.1 Å². The van der Waals surface area contributed by atoms with Crippen LogP contribution in [0.4, 0.5) is 0 Å². The van der Waals surface area contributed by atoms with E-state index in [4.69, 9.17) is 4.74 Å². The summed E-state index contributed by atoms with van der Waals surface area (Å²) in [5.41, 5.74) is 1.26. The summed E-state index contributed by atoms with van der Waals surface area (Å²) in [5.74, 6) is 0.207. The molecule has 0 bridgehead atoms. The number of carbonyl (C=O) groups is 1. The molecule has 0 fully saturated rings. The van der Waals surface area contributed by atoms with Gasteiger partial charge in [0.25, 0.3) is 5.91 Å². The third-order valence-corrected chi connectivity index (χ3v) is 3.18. The van der Waals surface area contributed by atoms with E-state index in [1.54, 1.807) is 12.1 Å². The van der Waals surface area contributed by atoms with E-state index < -0.39 is 10.0 Å². The van der Waals surface area contributed by atoms with E-state index in [1.165, 1.54) is 7.11 Å². The molecule has 0 spiro atoms. The van der Waals surface area contributed by atoms with Crippen LogP contribution in [0.1, 0.15) is 15.9 Å². The minimum atomic E-state index is -3.23. The fourth-order valence-electron chi connectivity index (χ4n) is 1.60. The van der Waals surface area contributed by atoms with E-state index >= 15 is 0 Å². The van der Waals surface area contributed by atoms with Crippen molar-refractivity contribution in [1.29, 1.82) is 0 Å². The zero-order valence-electron chi connectivity index (χ0n) is 11.2. The second-order valence-electron chi connectivity index (χ2n) is 4.07. The van der Waals surface area contributed by atoms with Crippen molar-refractivity contribution in [3.05, 3.63) is 29.3 Å². The van der Waals surface area contributed by atoms with E-state index in [2.05, 4.69) is 10.0 Å². The Hall–Kier alpha value is -1.60. The number of sulfonamides is 1. The Morgan fingerprint density at radius 2 is 2.00 bits per heavy atom. The summed E-state index contributed by atoms with van der Waals surface area (Å²) in [7, 11) is -1.74. The van der Waals surface area contributed by atoms with Gasteiger partial charge in [-0.1, -0.05) is 12.1 Å². The molecule has 0 saturated heterocycles. The Bertz CT molecular complexity index is 555. The average molecular weight is 286 g/mol. The van der Waals surface area contributed by atoms with Gasteiger partial charge in [-0.15, -0.1) is 0 Å². The predicted octanol–water partition coefficient (Wildman–Crippen LogP) is 0.283. The number of hydrogen-bond donors (Lipinski definition) is 2. The summed E-state index contributed by atoms with van der Waals surface area (Å²) >= 11 is 0. The molecule has 0 aliphatic heterocycles. The van der Waals surface area contributed by atoms with Crippen LogP contribution in [-0.2, 0) is 10.0 Å². The monoisotopic (exact) mass is 286 g/mol. The fourth-order valence-corrected chi connectivity index (χ4v) is 2.08. The van der Waals surface area contributed by atoms with Gasteiger partial charge in [-0.3, -0.25) is 4.79 Å². The molecule has 7 heteroatoms. The smallest absolute Gasteiger partial charge is 0.255 e. The first kappa shape index (κ1) is 15.5. The lowest BCUT2D eigenvalue weighted by molar-refractivity contribution is 0.0950. The average Bonchev–Trinajstić information content (AvgIpc) is 2.32. The SMILES string of the molecule is COc1cccc(C)c1C(=O)NCCNS(C)(=O)=O. The van der Waals surface area contributed by atoms with Gasteiger partial charge >= 0.3 is 0 Å². The van der Waals surface area contributed by atoms with Crippen molar-refractivity contribution in [2.24, 2.45) is 0 Å². The van der Waals surface area contributed by atoms with Crippen molar-refractivity contribution in [2.75, 3.05) is 26.5 Å². The molecule has 0 saturated carbocycles. The molecule has 0 atom stereocenters. The summed E-state index contributed by atoms with van der Waals surface area (Å²) in [5, 5.41) is 2.64. The maximum Gasteiger partial charge on any atom is 0.255 e. The molecular weight excluding hydrogens is 268 g/mol. The largest absolute Gasteiger partial charge is 0.496 e. The van der Waals surface area contributed by atoms with Gasteiger partial charge in [0.2, 0.25) is 10.0 Å². The number of aryl methyl sites for hydroxylation is 1. The number of ether oxygens (including phenoxy) is 1. The van der Waals surface area contributed by atoms with E-state index in [9.17, 15) is 13.2 Å². The van der Waals surface area contributed by atoms with Crippen molar-refractivity contribution in [3.63, 3.8) is 0 Å². The lowest BCUT2D eigenvalue weighted by Gasteiger charge is -2.11. The molecule has 0 aliphatic rings. The molecule has 19 heavy (non-hydrogen) atoms. The molecule has 1 aromatic carbocycles. The number of hydrogen-bond acceptors (Lipinski definition) is 4. The number of benzene rings is 1. The third kappa shape index (κ3) is 4.88. The fraction of sp³-hybridized carbons (Fsp3) is 0.417. The predicted molar refractivity (Wildman–Crippen MR) is 72.9 cm³/mol. The van der Waals surface area contributed by atoms with Gasteiger partial charge in [0, 0.05) is 13.1 Å². The van der Waals surface area contributed by atoms with E-state index in [0.29, 0.717) is 11.3 Å². The molecule has 0 unspecified atom stereocenters.